The van der Waals surface area contributed by atoms with Crippen LogP contribution in [0, 0.1) is 0 Å². The van der Waals surface area contributed by atoms with Gasteiger partial charge in [-0.1, -0.05) is 24.3 Å². The van der Waals surface area contributed by atoms with Crippen molar-refractivity contribution in [3.63, 3.8) is 0 Å². The van der Waals surface area contributed by atoms with E-state index in [0.717, 1.165) is 13.1 Å². The van der Waals surface area contributed by atoms with Crippen LogP contribution in [0.4, 0.5) is 0 Å². The molecule has 0 radical (unpaired) electrons. The quantitative estimate of drug-likeness (QED) is 0.772. The predicted molar refractivity (Wildman–Crippen MR) is 59.3 cm³/mol. The summed E-state index contributed by atoms with van der Waals surface area (Å²) in [6.07, 6.45) is 2.37. The third-order valence-corrected chi connectivity index (χ3v) is 3.13. The first-order valence-electron chi connectivity index (χ1n) is 5.28. The summed E-state index contributed by atoms with van der Waals surface area (Å²) in [6.45, 7) is 1.75. The lowest BCUT2D eigenvalue weighted by atomic mass is 10.1. The van der Waals surface area contributed by atoms with Crippen molar-refractivity contribution < 1.29 is 0 Å². The van der Waals surface area contributed by atoms with Gasteiger partial charge >= 0.3 is 0 Å². The number of fused-ring (bicyclic) bond motifs is 1. The van der Waals surface area contributed by atoms with E-state index in [1.54, 1.807) is 0 Å². The van der Waals surface area contributed by atoms with E-state index in [2.05, 4.69) is 36.2 Å². The Balaban J connectivity index is 2.04. The number of hydrogen-bond donors (Lipinski definition) is 1. The topological polar surface area (TPSA) is 29.3 Å². The number of nitrogens with two attached hydrogens (primary N) is 1. The largest absolute Gasteiger partial charge is 0.329 e. The Morgan fingerprint density at radius 3 is 2.36 bits per heavy atom. The number of likely N-dealkylation sites (N-methyl/N-ethyl adjacent to an activating group) is 1. The van der Waals surface area contributed by atoms with Crippen molar-refractivity contribution in [2.24, 2.45) is 5.73 Å². The summed E-state index contributed by atoms with van der Waals surface area (Å²) >= 11 is 0. The fourth-order valence-corrected chi connectivity index (χ4v) is 2.23. The average Bonchev–Trinajstić information content (AvgIpc) is 2.61. The molecule has 1 aliphatic carbocycles. The van der Waals surface area contributed by atoms with Gasteiger partial charge in [0, 0.05) is 19.1 Å². The Kier molecular flexibility index (Phi) is 2.85. The summed E-state index contributed by atoms with van der Waals surface area (Å²) in [5, 5.41) is 0. The number of nitrogens with zero attached hydrogens (tertiary/aromatic N) is 1. The highest BCUT2D eigenvalue weighted by molar-refractivity contribution is 5.33. The second kappa shape index (κ2) is 4.11. The molecule has 1 aromatic carbocycles. The molecule has 0 heterocycles. The minimum absolute atomic E-state index is 0.663. The first-order valence-corrected chi connectivity index (χ1v) is 5.28. The molecule has 0 aliphatic heterocycles. The van der Waals surface area contributed by atoms with Crippen LogP contribution >= 0.6 is 0 Å². The van der Waals surface area contributed by atoms with Crippen LogP contribution in [-0.2, 0) is 12.8 Å². The van der Waals surface area contributed by atoms with Crippen molar-refractivity contribution in [2.75, 3.05) is 20.1 Å². The van der Waals surface area contributed by atoms with Crippen molar-refractivity contribution in [1.82, 2.24) is 4.90 Å². The molecule has 76 valence electrons. The minimum Gasteiger partial charge on any atom is -0.329 e. The molecule has 0 saturated heterocycles. The van der Waals surface area contributed by atoms with E-state index in [1.165, 1.54) is 24.0 Å². The zero-order valence-corrected chi connectivity index (χ0v) is 8.74. The normalized spacial score (nSPS) is 16.2. The van der Waals surface area contributed by atoms with Crippen molar-refractivity contribution in [3.8, 4) is 0 Å². The molecule has 0 saturated carbocycles. The third-order valence-electron chi connectivity index (χ3n) is 3.13. The Morgan fingerprint density at radius 1 is 1.29 bits per heavy atom. The number of benzene rings is 1. The van der Waals surface area contributed by atoms with Crippen molar-refractivity contribution in [1.29, 1.82) is 0 Å². The molecule has 0 amide bonds. The second-order valence-corrected chi connectivity index (χ2v) is 4.10. The molecule has 0 atom stereocenters. The van der Waals surface area contributed by atoms with E-state index >= 15 is 0 Å². The summed E-state index contributed by atoms with van der Waals surface area (Å²) in [4.78, 5) is 2.38. The van der Waals surface area contributed by atoms with E-state index in [1.807, 2.05) is 0 Å². The molecule has 2 heteroatoms. The van der Waals surface area contributed by atoms with Crippen LogP contribution < -0.4 is 5.73 Å². The monoisotopic (exact) mass is 190 g/mol. The van der Waals surface area contributed by atoms with Gasteiger partial charge in [-0.25, -0.2) is 0 Å². The van der Waals surface area contributed by atoms with Gasteiger partial charge in [0.05, 0.1) is 0 Å². The Morgan fingerprint density at radius 2 is 1.86 bits per heavy atom. The van der Waals surface area contributed by atoms with Gasteiger partial charge in [0.25, 0.3) is 0 Å². The molecule has 2 rings (SSSR count). The SMILES string of the molecule is CN(CCN)C1Cc2ccccc2C1. The maximum atomic E-state index is 5.56. The average molecular weight is 190 g/mol. The zero-order chi connectivity index (χ0) is 9.97. The van der Waals surface area contributed by atoms with Crippen LogP contribution in [0.3, 0.4) is 0 Å². The first kappa shape index (κ1) is 9.69. The smallest absolute Gasteiger partial charge is 0.0174 e. The molecular weight excluding hydrogens is 172 g/mol. The highest BCUT2D eigenvalue weighted by atomic mass is 15.1. The molecule has 2 N–H and O–H groups in total. The van der Waals surface area contributed by atoms with Crippen LogP contribution in [0.15, 0.2) is 24.3 Å². The minimum atomic E-state index is 0.663. The molecule has 0 fully saturated rings. The molecule has 0 spiro atoms. The highest BCUT2D eigenvalue weighted by Crippen LogP contribution is 2.24. The van der Waals surface area contributed by atoms with Crippen LogP contribution in [0.5, 0.6) is 0 Å². The maximum Gasteiger partial charge on any atom is 0.0174 e. The Bertz CT molecular complexity index is 284. The highest BCUT2D eigenvalue weighted by Gasteiger charge is 2.23. The van der Waals surface area contributed by atoms with Crippen LogP contribution in [0.2, 0.25) is 0 Å². The molecule has 0 aromatic heterocycles. The standard InChI is InChI=1S/C12H18N2/c1-14(7-6-13)12-8-10-4-2-3-5-11(10)9-12/h2-5,12H,6-9,13H2,1H3. The summed E-state index contributed by atoms with van der Waals surface area (Å²) in [5.74, 6) is 0. The van der Waals surface area contributed by atoms with Crippen molar-refractivity contribution >= 4 is 0 Å². The third kappa shape index (κ3) is 1.81. The van der Waals surface area contributed by atoms with Crippen LogP contribution in [0.25, 0.3) is 0 Å². The number of rotatable bonds is 3. The molecule has 0 bridgehead atoms. The van der Waals surface area contributed by atoms with Gasteiger partial charge in [-0.3, -0.25) is 0 Å². The molecule has 1 aromatic rings. The van der Waals surface area contributed by atoms with Gasteiger partial charge in [0.2, 0.25) is 0 Å². The van der Waals surface area contributed by atoms with Gasteiger partial charge in [-0.2, -0.15) is 0 Å². The van der Waals surface area contributed by atoms with Crippen LogP contribution in [-0.4, -0.2) is 31.1 Å². The van der Waals surface area contributed by atoms with Crippen LogP contribution in [0.1, 0.15) is 11.1 Å². The van der Waals surface area contributed by atoms with E-state index in [9.17, 15) is 0 Å². The van der Waals surface area contributed by atoms with Crippen molar-refractivity contribution in [2.45, 2.75) is 18.9 Å². The van der Waals surface area contributed by atoms with Gasteiger partial charge in [0.15, 0.2) is 0 Å². The Hall–Kier alpha value is -0.860. The fraction of sp³-hybridized carbons (Fsp3) is 0.500. The Labute approximate surface area is 85.7 Å². The summed E-state index contributed by atoms with van der Waals surface area (Å²) in [7, 11) is 2.17. The maximum absolute atomic E-state index is 5.56. The molecule has 14 heavy (non-hydrogen) atoms. The lowest BCUT2D eigenvalue weighted by Gasteiger charge is -2.22. The molecule has 0 unspecified atom stereocenters. The van der Waals surface area contributed by atoms with Gasteiger partial charge in [-0.15, -0.1) is 0 Å². The zero-order valence-electron chi connectivity index (χ0n) is 8.74. The van der Waals surface area contributed by atoms with E-state index in [4.69, 9.17) is 5.73 Å². The van der Waals surface area contributed by atoms with Gasteiger partial charge in [0.1, 0.15) is 0 Å². The van der Waals surface area contributed by atoms with Gasteiger partial charge < -0.3 is 10.6 Å². The van der Waals surface area contributed by atoms with Gasteiger partial charge in [-0.05, 0) is 31.0 Å². The lowest BCUT2D eigenvalue weighted by Crippen LogP contribution is -2.36. The van der Waals surface area contributed by atoms with E-state index in [0.29, 0.717) is 6.04 Å². The summed E-state index contributed by atoms with van der Waals surface area (Å²) in [6, 6.07) is 9.40. The summed E-state index contributed by atoms with van der Waals surface area (Å²) < 4.78 is 0. The van der Waals surface area contributed by atoms with Crippen molar-refractivity contribution in [3.05, 3.63) is 35.4 Å². The number of hydrogen-bond acceptors (Lipinski definition) is 2. The van der Waals surface area contributed by atoms with E-state index < -0.39 is 0 Å². The molecule has 2 nitrogen and oxygen atoms in total. The predicted octanol–water partition coefficient (Wildman–Crippen LogP) is 1.04. The van der Waals surface area contributed by atoms with E-state index in [-0.39, 0.29) is 0 Å². The first-order chi connectivity index (χ1) is 6.81. The fourth-order valence-electron chi connectivity index (χ4n) is 2.23. The summed E-state index contributed by atoms with van der Waals surface area (Å²) in [5.41, 5.74) is 8.59. The molecular formula is C12H18N2. The second-order valence-electron chi connectivity index (χ2n) is 4.10. The molecule has 1 aliphatic rings. The lowest BCUT2D eigenvalue weighted by molar-refractivity contribution is 0.256.